The monoisotopic (exact) mass is 249 g/mol. The first-order chi connectivity index (χ1) is 8.65. The Kier molecular flexibility index (Phi) is 4.17. The number of amides is 1. The highest BCUT2D eigenvalue weighted by Gasteiger charge is 2.12. The topological polar surface area (TPSA) is 64.6 Å². The summed E-state index contributed by atoms with van der Waals surface area (Å²) in [5, 5.41) is 15.9. The number of carbonyl (C=O) groups excluding carboxylic acids is 1. The van der Waals surface area contributed by atoms with Crippen LogP contribution in [0.2, 0.25) is 0 Å². The number of anilines is 1. The summed E-state index contributed by atoms with van der Waals surface area (Å²) in [7, 11) is 0. The van der Waals surface area contributed by atoms with E-state index in [1.807, 2.05) is 6.07 Å². The van der Waals surface area contributed by atoms with Gasteiger partial charge in [-0.15, -0.1) is 0 Å². The molecule has 1 fully saturated rings. The minimum absolute atomic E-state index is 0.103. The Balaban J connectivity index is 2.07. The van der Waals surface area contributed by atoms with Gasteiger partial charge in [-0.05, 0) is 18.2 Å². The molecular weight excluding hydrogens is 230 g/mol. The van der Waals surface area contributed by atoms with Crippen LogP contribution in [0.25, 0.3) is 0 Å². The molecule has 3 N–H and O–H groups in total. The normalized spacial score (nSPS) is 16.5. The zero-order valence-corrected chi connectivity index (χ0v) is 10.6. The Morgan fingerprint density at radius 1 is 1.44 bits per heavy atom. The van der Waals surface area contributed by atoms with Crippen molar-refractivity contribution in [3.63, 3.8) is 0 Å². The van der Waals surface area contributed by atoms with E-state index >= 15 is 0 Å². The second-order valence-corrected chi connectivity index (χ2v) is 4.55. The van der Waals surface area contributed by atoms with Crippen molar-refractivity contribution in [2.45, 2.75) is 13.5 Å². The largest absolute Gasteiger partial charge is 0.508 e. The van der Waals surface area contributed by atoms with E-state index in [9.17, 15) is 9.90 Å². The molecule has 0 aromatic heterocycles. The van der Waals surface area contributed by atoms with Gasteiger partial charge in [0.1, 0.15) is 5.75 Å². The maximum Gasteiger partial charge on any atom is 0.221 e. The third-order valence-electron chi connectivity index (χ3n) is 3.00. The molecule has 18 heavy (non-hydrogen) atoms. The number of rotatable bonds is 3. The van der Waals surface area contributed by atoms with Gasteiger partial charge in [0.25, 0.3) is 0 Å². The maximum absolute atomic E-state index is 11.0. The number of nitrogens with one attached hydrogen (secondary N) is 2. The molecule has 0 saturated carbocycles. The van der Waals surface area contributed by atoms with Crippen molar-refractivity contribution >= 4 is 11.6 Å². The minimum atomic E-state index is -0.103. The molecule has 0 bridgehead atoms. The van der Waals surface area contributed by atoms with Crippen LogP contribution in [-0.4, -0.2) is 42.1 Å². The van der Waals surface area contributed by atoms with Gasteiger partial charge in [0.2, 0.25) is 5.91 Å². The first-order valence-electron chi connectivity index (χ1n) is 6.18. The Morgan fingerprint density at radius 2 is 2.17 bits per heavy atom. The van der Waals surface area contributed by atoms with Gasteiger partial charge >= 0.3 is 0 Å². The van der Waals surface area contributed by atoms with E-state index in [1.165, 1.54) is 6.92 Å². The third kappa shape index (κ3) is 3.45. The Hall–Kier alpha value is -1.59. The van der Waals surface area contributed by atoms with Crippen LogP contribution in [0.3, 0.4) is 0 Å². The molecule has 1 amide bonds. The summed E-state index contributed by atoms with van der Waals surface area (Å²) in [6.45, 7) is 6.09. The van der Waals surface area contributed by atoms with Gasteiger partial charge in [0.05, 0.1) is 0 Å². The van der Waals surface area contributed by atoms with Crippen LogP contribution in [0.4, 0.5) is 5.69 Å². The quantitative estimate of drug-likeness (QED) is 0.692. The molecule has 1 aromatic carbocycles. The van der Waals surface area contributed by atoms with Crippen LogP contribution in [0, 0.1) is 0 Å². The first kappa shape index (κ1) is 12.9. The summed E-state index contributed by atoms with van der Waals surface area (Å²) < 4.78 is 0. The van der Waals surface area contributed by atoms with Gasteiger partial charge in [-0.2, -0.15) is 0 Å². The van der Waals surface area contributed by atoms with E-state index in [4.69, 9.17) is 0 Å². The van der Waals surface area contributed by atoms with Gasteiger partial charge in [-0.3, -0.25) is 9.69 Å². The van der Waals surface area contributed by atoms with Crippen molar-refractivity contribution in [2.75, 3.05) is 31.5 Å². The van der Waals surface area contributed by atoms with Gasteiger partial charge in [0.15, 0.2) is 0 Å². The summed E-state index contributed by atoms with van der Waals surface area (Å²) in [5.41, 5.74) is 1.58. The predicted molar refractivity (Wildman–Crippen MR) is 70.6 cm³/mol. The van der Waals surface area contributed by atoms with E-state index in [0.29, 0.717) is 6.54 Å². The lowest BCUT2D eigenvalue weighted by Gasteiger charge is -2.27. The fourth-order valence-corrected chi connectivity index (χ4v) is 2.10. The fourth-order valence-electron chi connectivity index (χ4n) is 2.10. The van der Waals surface area contributed by atoms with Crippen LogP contribution in [0.5, 0.6) is 5.75 Å². The SMILES string of the molecule is CC(=O)Nc1ccc(O)c(CN2CCNCC2)c1. The molecule has 1 saturated heterocycles. The standard InChI is InChI=1S/C13H19N3O2/c1-10(17)15-12-2-3-13(18)11(8-12)9-16-6-4-14-5-7-16/h2-3,8,14,18H,4-7,9H2,1H3,(H,15,17). The second-order valence-electron chi connectivity index (χ2n) is 4.55. The Bertz CT molecular complexity index is 428. The van der Waals surface area contributed by atoms with E-state index in [2.05, 4.69) is 15.5 Å². The molecule has 0 aliphatic carbocycles. The van der Waals surface area contributed by atoms with Crippen LogP contribution in [0.15, 0.2) is 18.2 Å². The summed E-state index contributed by atoms with van der Waals surface area (Å²) in [6, 6.07) is 5.17. The number of hydrogen-bond donors (Lipinski definition) is 3. The van der Waals surface area contributed by atoms with Crippen LogP contribution >= 0.6 is 0 Å². The molecule has 1 aliphatic rings. The van der Waals surface area contributed by atoms with Crippen molar-refractivity contribution < 1.29 is 9.90 Å². The highest BCUT2D eigenvalue weighted by atomic mass is 16.3. The van der Waals surface area contributed by atoms with Gasteiger partial charge in [-0.25, -0.2) is 0 Å². The van der Waals surface area contributed by atoms with Crippen LogP contribution in [0.1, 0.15) is 12.5 Å². The van der Waals surface area contributed by atoms with Crippen LogP contribution < -0.4 is 10.6 Å². The zero-order chi connectivity index (χ0) is 13.0. The lowest BCUT2D eigenvalue weighted by atomic mass is 10.1. The van der Waals surface area contributed by atoms with E-state index in [0.717, 1.165) is 37.4 Å². The van der Waals surface area contributed by atoms with Crippen molar-refractivity contribution in [3.8, 4) is 5.75 Å². The first-order valence-corrected chi connectivity index (χ1v) is 6.18. The van der Waals surface area contributed by atoms with E-state index in [-0.39, 0.29) is 11.7 Å². The highest BCUT2D eigenvalue weighted by Crippen LogP contribution is 2.23. The molecule has 0 atom stereocenters. The maximum atomic E-state index is 11.0. The number of carbonyl (C=O) groups is 1. The molecule has 1 aliphatic heterocycles. The van der Waals surface area contributed by atoms with Crippen molar-refractivity contribution in [3.05, 3.63) is 23.8 Å². The average Bonchev–Trinajstić information content (AvgIpc) is 2.34. The number of piperazine rings is 1. The number of phenolic OH excluding ortho intramolecular Hbond substituents is 1. The third-order valence-corrected chi connectivity index (χ3v) is 3.00. The zero-order valence-electron chi connectivity index (χ0n) is 10.6. The summed E-state index contributed by atoms with van der Waals surface area (Å²) in [4.78, 5) is 13.3. The van der Waals surface area contributed by atoms with Crippen molar-refractivity contribution in [1.82, 2.24) is 10.2 Å². The number of benzene rings is 1. The number of hydrogen-bond acceptors (Lipinski definition) is 4. The second kappa shape index (κ2) is 5.84. The molecule has 5 heteroatoms. The molecule has 98 valence electrons. The van der Waals surface area contributed by atoms with E-state index < -0.39 is 0 Å². The summed E-state index contributed by atoms with van der Waals surface area (Å²) >= 11 is 0. The smallest absolute Gasteiger partial charge is 0.221 e. The Labute approximate surface area is 107 Å². The Morgan fingerprint density at radius 3 is 2.83 bits per heavy atom. The van der Waals surface area contributed by atoms with Gasteiger partial charge in [0, 0.05) is 50.9 Å². The lowest BCUT2D eigenvalue weighted by Crippen LogP contribution is -2.42. The van der Waals surface area contributed by atoms with E-state index in [1.54, 1.807) is 12.1 Å². The molecule has 0 spiro atoms. The molecule has 2 rings (SSSR count). The highest BCUT2D eigenvalue weighted by molar-refractivity contribution is 5.88. The minimum Gasteiger partial charge on any atom is -0.508 e. The molecule has 0 unspecified atom stereocenters. The van der Waals surface area contributed by atoms with Crippen molar-refractivity contribution in [1.29, 1.82) is 0 Å². The number of nitrogens with zero attached hydrogens (tertiary/aromatic N) is 1. The average molecular weight is 249 g/mol. The lowest BCUT2D eigenvalue weighted by molar-refractivity contribution is -0.114. The summed E-state index contributed by atoms with van der Waals surface area (Å²) in [5.74, 6) is 0.177. The molecule has 1 heterocycles. The number of aromatic hydroxyl groups is 1. The molecule has 0 radical (unpaired) electrons. The van der Waals surface area contributed by atoms with Gasteiger partial charge in [-0.1, -0.05) is 0 Å². The molecular formula is C13H19N3O2. The summed E-state index contributed by atoms with van der Waals surface area (Å²) in [6.07, 6.45) is 0. The predicted octanol–water partition coefficient (Wildman–Crippen LogP) is 0.756. The molecule has 1 aromatic rings. The van der Waals surface area contributed by atoms with Gasteiger partial charge < -0.3 is 15.7 Å². The van der Waals surface area contributed by atoms with Crippen molar-refractivity contribution in [2.24, 2.45) is 0 Å². The van der Waals surface area contributed by atoms with Crippen LogP contribution in [-0.2, 0) is 11.3 Å². The fraction of sp³-hybridized carbons (Fsp3) is 0.462. The number of phenols is 1. The molecule has 5 nitrogen and oxygen atoms in total.